The summed E-state index contributed by atoms with van der Waals surface area (Å²) in [6, 6.07) is 6.52. The number of morpholine rings is 1. The molecule has 2 amide bonds. The van der Waals surface area contributed by atoms with Gasteiger partial charge in [-0.2, -0.15) is 0 Å². The summed E-state index contributed by atoms with van der Waals surface area (Å²) in [6.45, 7) is 12.7. The Morgan fingerprint density at radius 3 is 2.28 bits per heavy atom. The number of halogens is 1. The molecule has 0 aliphatic carbocycles. The number of hydrogen-bond donors (Lipinski definition) is 3. The van der Waals surface area contributed by atoms with Gasteiger partial charge in [0.25, 0.3) is 10.0 Å². The summed E-state index contributed by atoms with van der Waals surface area (Å²) in [7, 11) is -4.32. The second-order valence-electron chi connectivity index (χ2n) is 10.2. The van der Waals surface area contributed by atoms with E-state index < -0.39 is 27.5 Å². The summed E-state index contributed by atoms with van der Waals surface area (Å²) in [5.74, 6) is -0.745. The highest BCUT2D eigenvalue weighted by Gasteiger charge is 2.27. The van der Waals surface area contributed by atoms with E-state index in [1.807, 2.05) is 18.7 Å². The van der Waals surface area contributed by atoms with Crippen LogP contribution in [0, 0.1) is 5.82 Å². The number of ether oxygens (including phenoxy) is 1. The molecule has 1 aliphatic rings. The van der Waals surface area contributed by atoms with Crippen LogP contribution in [0.4, 0.5) is 20.6 Å². The Hall–Kier alpha value is -2.69. The van der Waals surface area contributed by atoms with Crippen molar-refractivity contribution in [3.8, 4) is 0 Å². The maximum Gasteiger partial charge on any atom is 0.333 e. The second kappa shape index (κ2) is 10.7. The molecule has 3 N–H and O–H groups in total. The van der Waals surface area contributed by atoms with Crippen molar-refractivity contribution in [1.29, 1.82) is 0 Å². The summed E-state index contributed by atoms with van der Waals surface area (Å²) < 4.78 is 48.7. The number of nitrogens with zero attached hydrogens (tertiary/aromatic N) is 1. The van der Waals surface area contributed by atoms with Crippen LogP contribution in [0.2, 0.25) is 0 Å². The van der Waals surface area contributed by atoms with Crippen molar-refractivity contribution in [1.82, 2.24) is 4.72 Å². The number of carbonyl (C=O) groups is 1. The smallest absolute Gasteiger partial charge is 0.333 e. The third kappa shape index (κ3) is 6.35. The minimum Gasteiger partial charge on any atom is -0.386 e. The molecule has 198 valence electrons. The fourth-order valence-corrected chi connectivity index (χ4v) is 5.18. The molecular weight excluding hydrogens is 485 g/mol. The standard InChI is InChI=1S/C26H36FN3O5S/c1-16(2)21-7-8-22(27)23(17(3)4)24(21)28-25(31)29-36(33,34)20-14-18(26(5,6)32)13-19(15-20)30-9-11-35-12-10-30/h7-8,13-17,32H,9-12H2,1-6H3,(H2,28,29,31). The van der Waals surface area contributed by atoms with Gasteiger partial charge in [-0.05, 0) is 61.1 Å². The molecule has 0 aromatic heterocycles. The van der Waals surface area contributed by atoms with Gasteiger partial charge in [0.2, 0.25) is 0 Å². The number of aliphatic hydroxyl groups is 1. The molecule has 2 aromatic carbocycles. The number of sulfonamides is 1. The Morgan fingerprint density at radius 2 is 1.72 bits per heavy atom. The largest absolute Gasteiger partial charge is 0.386 e. The molecule has 0 saturated carbocycles. The first-order valence-corrected chi connectivity index (χ1v) is 13.6. The minimum atomic E-state index is -4.32. The molecule has 1 saturated heterocycles. The van der Waals surface area contributed by atoms with E-state index in [4.69, 9.17) is 4.74 Å². The van der Waals surface area contributed by atoms with Crippen LogP contribution >= 0.6 is 0 Å². The van der Waals surface area contributed by atoms with Crippen molar-refractivity contribution in [3.05, 3.63) is 52.8 Å². The van der Waals surface area contributed by atoms with Crippen LogP contribution in [-0.2, 0) is 20.4 Å². The summed E-state index contributed by atoms with van der Waals surface area (Å²) in [5.41, 5.74) is 0.967. The van der Waals surface area contributed by atoms with E-state index in [-0.39, 0.29) is 22.4 Å². The Kier molecular flexibility index (Phi) is 8.32. The zero-order chi connectivity index (χ0) is 26.8. The summed E-state index contributed by atoms with van der Waals surface area (Å²) in [4.78, 5) is 14.7. The Bertz CT molecular complexity index is 1220. The van der Waals surface area contributed by atoms with Crippen LogP contribution in [0.3, 0.4) is 0 Å². The van der Waals surface area contributed by atoms with Crippen LogP contribution in [0.25, 0.3) is 0 Å². The quantitative estimate of drug-likeness (QED) is 0.490. The first-order valence-electron chi connectivity index (χ1n) is 12.1. The molecule has 0 bridgehead atoms. The Labute approximate surface area is 212 Å². The number of amides is 2. The zero-order valence-electron chi connectivity index (χ0n) is 21.7. The van der Waals surface area contributed by atoms with Gasteiger partial charge in [0.15, 0.2) is 0 Å². The number of urea groups is 1. The number of benzene rings is 2. The third-order valence-corrected chi connectivity index (χ3v) is 7.48. The molecule has 1 heterocycles. The van der Waals surface area contributed by atoms with Gasteiger partial charge >= 0.3 is 6.03 Å². The van der Waals surface area contributed by atoms with E-state index in [9.17, 15) is 22.7 Å². The van der Waals surface area contributed by atoms with Crippen molar-refractivity contribution >= 4 is 27.4 Å². The molecule has 0 atom stereocenters. The topological polar surface area (TPSA) is 108 Å². The van der Waals surface area contributed by atoms with Gasteiger partial charge in [-0.1, -0.05) is 33.8 Å². The normalized spacial score (nSPS) is 14.9. The van der Waals surface area contributed by atoms with Gasteiger partial charge < -0.3 is 20.1 Å². The predicted molar refractivity (Wildman–Crippen MR) is 139 cm³/mol. The molecule has 0 spiro atoms. The summed E-state index contributed by atoms with van der Waals surface area (Å²) in [6.07, 6.45) is 0. The molecule has 0 radical (unpaired) electrons. The van der Waals surface area contributed by atoms with Gasteiger partial charge in [-0.3, -0.25) is 0 Å². The number of hydrogen-bond acceptors (Lipinski definition) is 6. The van der Waals surface area contributed by atoms with E-state index in [0.29, 0.717) is 48.7 Å². The SMILES string of the molecule is CC(C)c1ccc(F)c(C(C)C)c1NC(=O)NS(=O)(=O)c1cc(N2CCOCC2)cc(C(C)(C)O)c1. The molecule has 1 aliphatic heterocycles. The highest BCUT2D eigenvalue weighted by atomic mass is 32.2. The van der Waals surface area contributed by atoms with E-state index >= 15 is 0 Å². The highest BCUT2D eigenvalue weighted by Crippen LogP contribution is 2.35. The average Bonchev–Trinajstić information content (AvgIpc) is 2.78. The van der Waals surface area contributed by atoms with Gasteiger partial charge in [0, 0.05) is 24.3 Å². The van der Waals surface area contributed by atoms with Gasteiger partial charge in [-0.15, -0.1) is 0 Å². The Morgan fingerprint density at radius 1 is 1.08 bits per heavy atom. The first kappa shape index (κ1) is 27.9. The lowest BCUT2D eigenvalue weighted by molar-refractivity contribution is 0.0783. The van der Waals surface area contributed by atoms with E-state index in [1.54, 1.807) is 39.8 Å². The molecule has 3 rings (SSSR count). The number of rotatable bonds is 7. The lowest BCUT2D eigenvalue weighted by atomic mass is 9.92. The van der Waals surface area contributed by atoms with Crippen LogP contribution in [0.5, 0.6) is 0 Å². The van der Waals surface area contributed by atoms with Crippen LogP contribution in [0.15, 0.2) is 35.2 Å². The van der Waals surface area contributed by atoms with Crippen LogP contribution in [-0.4, -0.2) is 45.9 Å². The fraction of sp³-hybridized carbons (Fsp3) is 0.500. The van der Waals surface area contributed by atoms with Gasteiger partial charge in [0.1, 0.15) is 5.82 Å². The molecule has 10 heteroatoms. The van der Waals surface area contributed by atoms with Crippen molar-refractivity contribution in [2.75, 3.05) is 36.5 Å². The van der Waals surface area contributed by atoms with Gasteiger partial charge in [-0.25, -0.2) is 22.3 Å². The van der Waals surface area contributed by atoms with Crippen molar-refractivity contribution in [2.45, 2.75) is 63.9 Å². The number of anilines is 2. The lowest BCUT2D eigenvalue weighted by Gasteiger charge is -2.30. The Balaban J connectivity index is 1.96. The lowest BCUT2D eigenvalue weighted by Crippen LogP contribution is -2.37. The monoisotopic (exact) mass is 521 g/mol. The molecule has 36 heavy (non-hydrogen) atoms. The number of carbonyl (C=O) groups excluding carboxylic acids is 1. The molecule has 8 nitrogen and oxygen atoms in total. The second-order valence-corrected chi connectivity index (χ2v) is 11.9. The minimum absolute atomic E-state index is 0.0328. The summed E-state index contributed by atoms with van der Waals surface area (Å²) in [5, 5.41) is 13.2. The van der Waals surface area contributed by atoms with Crippen LogP contribution < -0.4 is 14.9 Å². The summed E-state index contributed by atoms with van der Waals surface area (Å²) >= 11 is 0. The average molecular weight is 522 g/mol. The zero-order valence-corrected chi connectivity index (χ0v) is 22.5. The first-order chi connectivity index (χ1) is 16.7. The van der Waals surface area contributed by atoms with Crippen molar-refractivity contribution in [2.24, 2.45) is 0 Å². The van der Waals surface area contributed by atoms with E-state index in [2.05, 4.69) is 10.0 Å². The third-order valence-electron chi connectivity index (χ3n) is 6.17. The maximum absolute atomic E-state index is 14.6. The van der Waals surface area contributed by atoms with Crippen LogP contribution in [0.1, 0.15) is 70.1 Å². The maximum atomic E-state index is 14.6. The van der Waals surface area contributed by atoms with E-state index in [0.717, 1.165) is 0 Å². The van der Waals surface area contributed by atoms with Gasteiger partial charge in [0.05, 0.1) is 29.4 Å². The van der Waals surface area contributed by atoms with Crippen molar-refractivity contribution < 1.29 is 27.4 Å². The number of nitrogens with one attached hydrogen (secondary N) is 2. The predicted octanol–water partition coefficient (Wildman–Crippen LogP) is 4.65. The molecule has 2 aromatic rings. The fourth-order valence-electron chi connectivity index (χ4n) is 4.21. The van der Waals surface area contributed by atoms with Crippen molar-refractivity contribution in [3.63, 3.8) is 0 Å². The molecule has 0 unspecified atom stereocenters. The molecule has 1 fully saturated rings. The van der Waals surface area contributed by atoms with E-state index in [1.165, 1.54) is 18.2 Å². The highest BCUT2D eigenvalue weighted by molar-refractivity contribution is 7.90. The molecular formula is C26H36FN3O5S.